The van der Waals surface area contributed by atoms with Gasteiger partial charge in [0.1, 0.15) is 5.75 Å². The van der Waals surface area contributed by atoms with Crippen LogP contribution >= 0.6 is 0 Å². The number of ether oxygens (including phenoxy) is 1. The van der Waals surface area contributed by atoms with Crippen molar-refractivity contribution in [2.24, 2.45) is 11.7 Å². The second-order valence-electron chi connectivity index (χ2n) is 5.89. The summed E-state index contributed by atoms with van der Waals surface area (Å²) in [5, 5.41) is -0.467. The zero-order chi connectivity index (χ0) is 14.9. The minimum absolute atomic E-state index is 0.129. The van der Waals surface area contributed by atoms with Crippen LogP contribution in [0.5, 0.6) is 5.75 Å². The minimum atomic E-state index is -3.15. The molecule has 2 unspecified atom stereocenters. The second-order valence-corrected chi connectivity index (χ2v) is 8.16. The fraction of sp³-hybridized carbons (Fsp3) is 0.600. The van der Waals surface area contributed by atoms with Crippen molar-refractivity contribution in [3.63, 3.8) is 0 Å². The molecule has 0 radical (unpaired) electrons. The Morgan fingerprint density at radius 1 is 1.40 bits per heavy atom. The van der Waals surface area contributed by atoms with Crippen molar-refractivity contribution in [1.29, 1.82) is 0 Å². The topological polar surface area (TPSA) is 69.4 Å². The third-order valence-electron chi connectivity index (χ3n) is 3.83. The summed E-state index contributed by atoms with van der Waals surface area (Å²) in [6, 6.07) is 5.26. The lowest BCUT2D eigenvalue weighted by atomic mass is 9.87. The van der Waals surface area contributed by atoms with Crippen LogP contribution in [0.25, 0.3) is 0 Å². The van der Waals surface area contributed by atoms with Crippen LogP contribution in [0, 0.1) is 5.92 Å². The Bertz CT molecular complexity index is 581. The zero-order valence-electron chi connectivity index (χ0n) is 12.3. The Morgan fingerprint density at radius 2 is 2.10 bits per heavy atom. The first-order valence-corrected chi connectivity index (χ1v) is 8.70. The van der Waals surface area contributed by atoms with Crippen molar-refractivity contribution in [1.82, 2.24) is 0 Å². The molecule has 0 amide bonds. The molecule has 0 fully saturated rings. The van der Waals surface area contributed by atoms with Gasteiger partial charge in [0.2, 0.25) is 0 Å². The highest BCUT2D eigenvalue weighted by Gasteiger charge is 2.36. The fourth-order valence-electron chi connectivity index (χ4n) is 2.92. The van der Waals surface area contributed by atoms with E-state index in [4.69, 9.17) is 10.5 Å². The van der Waals surface area contributed by atoms with E-state index in [-0.39, 0.29) is 11.7 Å². The van der Waals surface area contributed by atoms with Gasteiger partial charge in [0.15, 0.2) is 9.84 Å². The average molecular weight is 297 g/mol. The molecular formula is C15H23NO3S. The van der Waals surface area contributed by atoms with E-state index in [1.807, 2.05) is 32.0 Å². The molecule has 112 valence electrons. The summed E-state index contributed by atoms with van der Waals surface area (Å²) in [7, 11) is -1.52. The van der Waals surface area contributed by atoms with E-state index in [9.17, 15) is 8.42 Å². The van der Waals surface area contributed by atoms with Gasteiger partial charge in [-0.05, 0) is 42.0 Å². The molecule has 5 heteroatoms. The van der Waals surface area contributed by atoms with Crippen LogP contribution in [0.2, 0.25) is 0 Å². The van der Waals surface area contributed by atoms with Crippen LogP contribution in [0.4, 0.5) is 0 Å². The molecule has 2 rings (SSSR count). The summed E-state index contributed by atoms with van der Waals surface area (Å²) in [4.78, 5) is 0. The molecule has 2 N–H and O–H groups in total. The SMILES string of the molecule is COc1ccc2c(c1)CCC(S(=O)(=O)CC(C)C)C2N. The molecule has 4 nitrogen and oxygen atoms in total. The number of rotatable bonds is 4. The first kappa shape index (κ1) is 15.3. The van der Waals surface area contributed by atoms with Crippen molar-refractivity contribution in [3.8, 4) is 5.75 Å². The number of benzene rings is 1. The number of methoxy groups -OCH3 is 1. The maximum atomic E-state index is 12.4. The highest BCUT2D eigenvalue weighted by atomic mass is 32.2. The van der Waals surface area contributed by atoms with Gasteiger partial charge in [-0.15, -0.1) is 0 Å². The van der Waals surface area contributed by atoms with Gasteiger partial charge in [0.05, 0.1) is 18.1 Å². The molecule has 1 aromatic rings. The van der Waals surface area contributed by atoms with Crippen LogP contribution < -0.4 is 10.5 Å². The largest absolute Gasteiger partial charge is 0.497 e. The molecule has 20 heavy (non-hydrogen) atoms. The Hall–Kier alpha value is -1.07. The molecule has 0 saturated heterocycles. The lowest BCUT2D eigenvalue weighted by Gasteiger charge is -2.31. The average Bonchev–Trinajstić information content (AvgIpc) is 2.36. The summed E-state index contributed by atoms with van der Waals surface area (Å²) in [5.41, 5.74) is 8.27. The molecule has 0 saturated carbocycles. The van der Waals surface area contributed by atoms with Crippen molar-refractivity contribution in [3.05, 3.63) is 29.3 Å². The lowest BCUT2D eigenvalue weighted by molar-refractivity contribution is 0.413. The van der Waals surface area contributed by atoms with Gasteiger partial charge in [-0.1, -0.05) is 19.9 Å². The molecule has 0 spiro atoms. The Morgan fingerprint density at radius 3 is 2.70 bits per heavy atom. The molecule has 0 aromatic heterocycles. The maximum absolute atomic E-state index is 12.4. The second kappa shape index (κ2) is 5.74. The minimum Gasteiger partial charge on any atom is -0.497 e. The van der Waals surface area contributed by atoms with E-state index < -0.39 is 21.1 Å². The van der Waals surface area contributed by atoms with Gasteiger partial charge in [-0.3, -0.25) is 0 Å². The van der Waals surface area contributed by atoms with Gasteiger partial charge in [-0.25, -0.2) is 8.42 Å². The first-order chi connectivity index (χ1) is 9.35. The van der Waals surface area contributed by atoms with E-state index in [0.29, 0.717) is 6.42 Å². The third-order valence-corrected chi connectivity index (χ3v) is 6.42. The summed E-state index contributed by atoms with van der Waals surface area (Å²) >= 11 is 0. The van der Waals surface area contributed by atoms with Gasteiger partial charge < -0.3 is 10.5 Å². The molecule has 1 aliphatic carbocycles. The van der Waals surface area contributed by atoms with Gasteiger partial charge in [0, 0.05) is 6.04 Å². The van der Waals surface area contributed by atoms with Gasteiger partial charge >= 0.3 is 0 Å². The van der Waals surface area contributed by atoms with Crippen molar-refractivity contribution < 1.29 is 13.2 Å². The predicted octanol–water partition coefficient (Wildman–Crippen LogP) is 2.08. The van der Waals surface area contributed by atoms with E-state index in [1.165, 1.54) is 0 Å². The summed E-state index contributed by atoms with van der Waals surface area (Å²) in [6.07, 6.45) is 1.33. The highest BCUT2D eigenvalue weighted by Crippen LogP contribution is 2.35. The predicted molar refractivity (Wildman–Crippen MR) is 80.7 cm³/mol. The number of hydrogen-bond acceptors (Lipinski definition) is 4. The van der Waals surface area contributed by atoms with Gasteiger partial charge in [0.25, 0.3) is 0 Å². The number of aryl methyl sites for hydroxylation is 1. The van der Waals surface area contributed by atoms with Crippen molar-refractivity contribution >= 4 is 9.84 Å². The van der Waals surface area contributed by atoms with Crippen LogP contribution in [0.3, 0.4) is 0 Å². The van der Waals surface area contributed by atoms with Crippen LogP contribution in [0.1, 0.15) is 37.4 Å². The van der Waals surface area contributed by atoms with E-state index in [1.54, 1.807) is 7.11 Å². The molecule has 1 aliphatic rings. The lowest BCUT2D eigenvalue weighted by Crippen LogP contribution is -2.39. The number of fused-ring (bicyclic) bond motifs is 1. The third kappa shape index (κ3) is 2.99. The first-order valence-electron chi connectivity index (χ1n) is 6.99. The molecule has 1 aromatic carbocycles. The summed E-state index contributed by atoms with van der Waals surface area (Å²) < 4.78 is 30.1. The van der Waals surface area contributed by atoms with Crippen molar-refractivity contribution in [2.45, 2.75) is 38.0 Å². The normalized spacial score (nSPS) is 22.6. The van der Waals surface area contributed by atoms with Crippen LogP contribution in [-0.2, 0) is 16.3 Å². The molecular weight excluding hydrogens is 274 g/mol. The Kier molecular flexibility index (Phi) is 4.39. The van der Waals surface area contributed by atoms with Crippen LogP contribution in [-0.4, -0.2) is 26.5 Å². The summed E-state index contributed by atoms with van der Waals surface area (Å²) in [6.45, 7) is 3.84. The molecule has 0 bridgehead atoms. The monoisotopic (exact) mass is 297 g/mol. The smallest absolute Gasteiger partial charge is 0.155 e. The van der Waals surface area contributed by atoms with E-state index >= 15 is 0 Å². The Balaban J connectivity index is 2.30. The van der Waals surface area contributed by atoms with Crippen LogP contribution in [0.15, 0.2) is 18.2 Å². The fourth-order valence-corrected chi connectivity index (χ4v) is 5.17. The van der Waals surface area contributed by atoms with Crippen molar-refractivity contribution in [2.75, 3.05) is 12.9 Å². The maximum Gasteiger partial charge on any atom is 0.155 e. The standard InChI is InChI=1S/C15H23NO3S/c1-10(2)9-20(17,18)14-7-4-11-8-12(19-3)5-6-13(11)15(14)16/h5-6,8,10,14-15H,4,7,9,16H2,1-3H3. The number of sulfone groups is 1. The molecule has 2 atom stereocenters. The Labute approximate surface area is 121 Å². The quantitative estimate of drug-likeness (QED) is 0.924. The molecule has 0 heterocycles. The van der Waals surface area contributed by atoms with Gasteiger partial charge in [-0.2, -0.15) is 0 Å². The zero-order valence-corrected chi connectivity index (χ0v) is 13.1. The van der Waals surface area contributed by atoms with E-state index in [0.717, 1.165) is 23.3 Å². The molecule has 0 aliphatic heterocycles. The number of hydrogen-bond donors (Lipinski definition) is 1. The highest BCUT2D eigenvalue weighted by molar-refractivity contribution is 7.92. The van der Waals surface area contributed by atoms with E-state index in [2.05, 4.69) is 0 Å². The summed E-state index contributed by atoms with van der Waals surface area (Å²) in [5.74, 6) is 1.13. The number of nitrogens with two attached hydrogens (primary N) is 1.